The maximum absolute atomic E-state index is 5.96. The van der Waals surface area contributed by atoms with E-state index in [1.807, 2.05) is 36.4 Å². The number of aromatic amines is 1. The minimum Gasteiger partial charge on any atom is -0.421 e. The van der Waals surface area contributed by atoms with Gasteiger partial charge >= 0.3 is 0 Å². The molecule has 0 saturated heterocycles. The third-order valence-corrected chi connectivity index (χ3v) is 7.89. The van der Waals surface area contributed by atoms with E-state index in [1.165, 1.54) is 33.0 Å². The van der Waals surface area contributed by atoms with E-state index < -0.39 is 0 Å². The van der Waals surface area contributed by atoms with E-state index in [-0.39, 0.29) is 0 Å². The highest BCUT2D eigenvalue weighted by Gasteiger charge is 2.21. The van der Waals surface area contributed by atoms with Gasteiger partial charge in [-0.15, -0.1) is 0 Å². The molecule has 2 N–H and O–H groups in total. The topological polar surface area (TPSA) is 62.8 Å². The molecule has 0 bridgehead atoms. The monoisotopic (exact) mass is 530 g/mol. The van der Waals surface area contributed by atoms with Crippen LogP contribution in [-0.2, 0) is 12.8 Å². The Bertz CT molecular complexity index is 2060. The molecule has 8 rings (SSSR count). The summed E-state index contributed by atoms with van der Waals surface area (Å²) in [6.45, 7) is 0. The first-order valence-electron chi connectivity index (χ1n) is 13.9. The summed E-state index contributed by atoms with van der Waals surface area (Å²) in [7, 11) is 0. The largest absolute Gasteiger partial charge is 0.421 e. The van der Waals surface area contributed by atoms with Gasteiger partial charge in [0.2, 0.25) is 11.8 Å². The number of anilines is 2. The highest BCUT2D eigenvalue weighted by Crippen LogP contribution is 2.43. The lowest BCUT2D eigenvalue weighted by molar-refractivity contribution is 0.445. The highest BCUT2D eigenvalue weighted by molar-refractivity contribution is 6.12. The first-order valence-corrected chi connectivity index (χ1v) is 13.9. The molecule has 7 aromatic rings. The molecular formula is C36H26N4O. The Balaban J connectivity index is 1.25. The zero-order valence-electron chi connectivity index (χ0n) is 22.3. The molecule has 41 heavy (non-hydrogen) atoms. The number of ether oxygens (including phenoxy) is 1. The van der Waals surface area contributed by atoms with Crippen molar-refractivity contribution in [3.63, 3.8) is 0 Å². The summed E-state index contributed by atoms with van der Waals surface area (Å²) in [6.07, 6.45) is 3.60. The van der Waals surface area contributed by atoms with Gasteiger partial charge in [-0.05, 0) is 42.2 Å². The lowest BCUT2D eigenvalue weighted by Crippen LogP contribution is -2.00. The van der Waals surface area contributed by atoms with E-state index in [0.717, 1.165) is 46.5 Å². The van der Waals surface area contributed by atoms with Crippen LogP contribution in [0.5, 0.6) is 11.8 Å². The van der Waals surface area contributed by atoms with Gasteiger partial charge in [0.15, 0.2) is 0 Å². The molecule has 0 radical (unpaired) electrons. The number of benzene rings is 4. The molecule has 0 aliphatic carbocycles. The van der Waals surface area contributed by atoms with Gasteiger partial charge in [0.05, 0.1) is 16.9 Å². The number of pyridine rings is 2. The summed E-state index contributed by atoms with van der Waals surface area (Å²) in [6, 6.07) is 39.6. The predicted octanol–water partition coefficient (Wildman–Crippen LogP) is 9.08. The van der Waals surface area contributed by atoms with Crippen LogP contribution in [-0.4, -0.2) is 15.0 Å². The molecule has 0 saturated carbocycles. The number of aromatic nitrogens is 3. The molecule has 5 nitrogen and oxygen atoms in total. The molecule has 1 aliphatic heterocycles. The third-order valence-electron chi connectivity index (χ3n) is 7.89. The Kier molecular flexibility index (Phi) is 5.52. The maximum Gasteiger partial charge on any atom is 0.221 e. The average Bonchev–Trinajstić information content (AvgIpc) is 3.29. The van der Waals surface area contributed by atoms with E-state index in [4.69, 9.17) is 9.72 Å². The van der Waals surface area contributed by atoms with Crippen LogP contribution < -0.4 is 10.1 Å². The Morgan fingerprint density at radius 2 is 1.24 bits per heavy atom. The SMILES string of the molecule is c1ccc(Oc2cccc(-c3cccc4c3Nc3c(cccc3-c3cccc5c3[nH]c3ccccc35)CC4)n2)nc1. The molecule has 196 valence electrons. The quantitative estimate of drug-likeness (QED) is 0.238. The van der Waals surface area contributed by atoms with Gasteiger partial charge in [-0.1, -0.05) is 84.9 Å². The number of nitrogens with one attached hydrogen (secondary N) is 2. The number of hydrogen-bond acceptors (Lipinski definition) is 4. The summed E-state index contributed by atoms with van der Waals surface area (Å²) in [5.74, 6) is 1.03. The molecule has 4 heterocycles. The fourth-order valence-electron chi connectivity index (χ4n) is 5.98. The second-order valence-electron chi connectivity index (χ2n) is 10.3. The van der Waals surface area contributed by atoms with Crippen molar-refractivity contribution in [3.05, 3.63) is 133 Å². The van der Waals surface area contributed by atoms with E-state index in [2.05, 4.69) is 94.1 Å². The minimum absolute atomic E-state index is 0.513. The lowest BCUT2D eigenvalue weighted by atomic mass is 9.96. The highest BCUT2D eigenvalue weighted by atomic mass is 16.5. The van der Waals surface area contributed by atoms with Crippen molar-refractivity contribution in [1.82, 2.24) is 15.0 Å². The van der Waals surface area contributed by atoms with Crippen molar-refractivity contribution in [2.75, 3.05) is 5.32 Å². The van der Waals surface area contributed by atoms with Crippen molar-refractivity contribution in [2.24, 2.45) is 0 Å². The molecule has 0 amide bonds. The molecule has 0 atom stereocenters. The van der Waals surface area contributed by atoms with E-state index in [0.29, 0.717) is 11.8 Å². The van der Waals surface area contributed by atoms with Crippen LogP contribution in [0.1, 0.15) is 11.1 Å². The van der Waals surface area contributed by atoms with Crippen molar-refractivity contribution < 1.29 is 4.74 Å². The first kappa shape index (κ1) is 23.5. The molecule has 3 aromatic heterocycles. The number of H-pyrrole nitrogens is 1. The first-order chi connectivity index (χ1) is 20.3. The average molecular weight is 531 g/mol. The Morgan fingerprint density at radius 1 is 0.561 bits per heavy atom. The van der Waals surface area contributed by atoms with Gasteiger partial charge in [0.1, 0.15) is 0 Å². The fourth-order valence-corrected chi connectivity index (χ4v) is 5.98. The second-order valence-corrected chi connectivity index (χ2v) is 10.3. The van der Waals surface area contributed by atoms with Gasteiger partial charge in [0, 0.05) is 57.0 Å². The van der Waals surface area contributed by atoms with Gasteiger partial charge in [0.25, 0.3) is 0 Å². The van der Waals surface area contributed by atoms with Crippen LogP contribution in [0.3, 0.4) is 0 Å². The number of para-hydroxylation sites is 4. The van der Waals surface area contributed by atoms with E-state index in [1.54, 1.807) is 6.20 Å². The van der Waals surface area contributed by atoms with Crippen LogP contribution in [0, 0.1) is 0 Å². The third kappa shape index (κ3) is 4.10. The van der Waals surface area contributed by atoms with Crippen LogP contribution in [0.15, 0.2) is 121 Å². The summed E-state index contributed by atoms with van der Waals surface area (Å²) < 4.78 is 5.96. The predicted molar refractivity (Wildman–Crippen MR) is 166 cm³/mol. The number of nitrogens with zero attached hydrogens (tertiary/aromatic N) is 2. The Morgan fingerprint density at radius 3 is 2.10 bits per heavy atom. The van der Waals surface area contributed by atoms with E-state index >= 15 is 0 Å². The van der Waals surface area contributed by atoms with Gasteiger partial charge < -0.3 is 15.0 Å². The minimum atomic E-state index is 0.513. The van der Waals surface area contributed by atoms with Crippen LogP contribution in [0.25, 0.3) is 44.2 Å². The molecule has 4 aromatic carbocycles. The van der Waals surface area contributed by atoms with E-state index in [9.17, 15) is 0 Å². The number of fused-ring (bicyclic) bond motifs is 5. The number of aryl methyl sites for hydroxylation is 2. The van der Waals surface area contributed by atoms with Crippen LogP contribution in [0.4, 0.5) is 11.4 Å². The van der Waals surface area contributed by atoms with Gasteiger partial charge in [-0.25, -0.2) is 9.97 Å². The lowest BCUT2D eigenvalue weighted by Gasteiger charge is -2.18. The number of hydrogen-bond donors (Lipinski definition) is 2. The van der Waals surface area contributed by atoms with Crippen molar-refractivity contribution in [1.29, 1.82) is 0 Å². The number of rotatable bonds is 4. The zero-order valence-corrected chi connectivity index (χ0v) is 22.3. The van der Waals surface area contributed by atoms with Gasteiger partial charge in [-0.2, -0.15) is 0 Å². The fraction of sp³-hybridized carbons (Fsp3) is 0.0556. The van der Waals surface area contributed by atoms with Gasteiger partial charge in [-0.3, -0.25) is 0 Å². The zero-order chi connectivity index (χ0) is 27.2. The molecule has 0 spiro atoms. The van der Waals surface area contributed by atoms with Crippen molar-refractivity contribution >= 4 is 33.2 Å². The summed E-state index contributed by atoms with van der Waals surface area (Å²) in [4.78, 5) is 12.8. The van der Waals surface area contributed by atoms with Crippen LogP contribution in [0.2, 0.25) is 0 Å². The Hall–Kier alpha value is -5.42. The van der Waals surface area contributed by atoms with Crippen LogP contribution >= 0.6 is 0 Å². The molecule has 0 unspecified atom stereocenters. The summed E-state index contributed by atoms with van der Waals surface area (Å²) in [5, 5.41) is 6.37. The second kappa shape index (κ2) is 9.65. The Labute approximate surface area is 237 Å². The van der Waals surface area contributed by atoms with Crippen molar-refractivity contribution in [3.8, 4) is 34.1 Å². The molecular weight excluding hydrogens is 504 g/mol. The molecule has 1 aliphatic rings. The standard InChI is InChI=1S/C36H26N4O/c1-2-16-30-25(11-1)26-13-7-14-28(36(26)39-30)27-12-5-9-23-20-21-24-10-6-15-29(35(24)40-34(23)27)31-17-8-19-33(38-31)41-32-18-3-4-22-37-32/h1-19,22,39-40H,20-21H2. The molecule has 5 heteroatoms. The maximum atomic E-state index is 5.96. The normalized spacial score (nSPS) is 12.4. The summed E-state index contributed by atoms with van der Waals surface area (Å²) in [5.41, 5.74) is 11.4. The van der Waals surface area contributed by atoms with Crippen molar-refractivity contribution in [2.45, 2.75) is 12.8 Å². The smallest absolute Gasteiger partial charge is 0.221 e. The summed E-state index contributed by atoms with van der Waals surface area (Å²) >= 11 is 0. The molecule has 0 fully saturated rings.